The van der Waals surface area contributed by atoms with Crippen LogP contribution in [0, 0.1) is 0 Å². The number of rotatable bonds is 2. The molecule has 0 amide bonds. The zero-order chi connectivity index (χ0) is 14.1. The van der Waals surface area contributed by atoms with E-state index in [0.29, 0.717) is 12.1 Å². The Kier molecular flexibility index (Phi) is 4.34. The number of halogens is 1. The lowest BCUT2D eigenvalue weighted by atomic mass is 9.89. The predicted molar refractivity (Wildman–Crippen MR) is 86.1 cm³/mol. The molecule has 2 aliphatic rings. The fourth-order valence-electron chi connectivity index (χ4n) is 3.55. The molecular weight excluding hydrogens is 316 g/mol. The first-order valence-corrected chi connectivity index (χ1v) is 8.39. The van der Waals surface area contributed by atoms with Crippen LogP contribution in [0.4, 0.5) is 5.69 Å². The summed E-state index contributed by atoms with van der Waals surface area (Å²) in [7, 11) is 0. The van der Waals surface area contributed by atoms with Gasteiger partial charge in [0.25, 0.3) is 0 Å². The van der Waals surface area contributed by atoms with Crippen molar-refractivity contribution in [2.24, 2.45) is 5.73 Å². The van der Waals surface area contributed by atoms with Gasteiger partial charge in [0.2, 0.25) is 0 Å². The van der Waals surface area contributed by atoms with Crippen LogP contribution in [0.5, 0.6) is 0 Å². The smallest absolute Gasteiger partial charge is 0.0779 e. The van der Waals surface area contributed by atoms with Gasteiger partial charge in [-0.15, -0.1) is 0 Å². The van der Waals surface area contributed by atoms with Crippen LogP contribution in [0.3, 0.4) is 0 Å². The highest BCUT2D eigenvalue weighted by Gasteiger charge is 2.35. The molecule has 1 aliphatic carbocycles. The van der Waals surface area contributed by atoms with Crippen LogP contribution >= 0.6 is 15.9 Å². The monoisotopic (exact) mass is 338 g/mol. The molecular formula is C16H23BrN2O. The average Bonchev–Trinajstić information content (AvgIpc) is 2.46. The minimum atomic E-state index is 0.0485. The van der Waals surface area contributed by atoms with Gasteiger partial charge in [0.15, 0.2) is 0 Å². The van der Waals surface area contributed by atoms with Gasteiger partial charge in [-0.2, -0.15) is 0 Å². The van der Waals surface area contributed by atoms with Crippen molar-refractivity contribution in [1.82, 2.24) is 0 Å². The zero-order valence-electron chi connectivity index (χ0n) is 12.0. The molecule has 1 aromatic rings. The van der Waals surface area contributed by atoms with Crippen LogP contribution in [0.15, 0.2) is 22.7 Å². The summed E-state index contributed by atoms with van der Waals surface area (Å²) < 4.78 is 7.07. The van der Waals surface area contributed by atoms with Crippen LogP contribution in [-0.2, 0) is 4.74 Å². The second kappa shape index (κ2) is 6.04. The van der Waals surface area contributed by atoms with Crippen molar-refractivity contribution in [3.63, 3.8) is 0 Å². The number of nitrogens with two attached hydrogens (primary N) is 1. The van der Waals surface area contributed by atoms with Gasteiger partial charge >= 0.3 is 0 Å². The first kappa shape index (κ1) is 14.4. The third kappa shape index (κ3) is 2.74. The lowest BCUT2D eigenvalue weighted by Gasteiger charge is -2.46. The molecule has 20 heavy (non-hydrogen) atoms. The highest BCUT2D eigenvalue weighted by molar-refractivity contribution is 9.10. The van der Waals surface area contributed by atoms with Crippen LogP contribution in [0.2, 0.25) is 0 Å². The van der Waals surface area contributed by atoms with Gasteiger partial charge < -0.3 is 15.4 Å². The molecule has 0 radical (unpaired) electrons. The molecule has 2 fully saturated rings. The number of nitrogens with zero attached hydrogens (tertiary/aromatic N) is 1. The first-order chi connectivity index (χ1) is 9.66. The Morgan fingerprint density at radius 1 is 1.35 bits per heavy atom. The van der Waals surface area contributed by atoms with Crippen LogP contribution < -0.4 is 10.6 Å². The van der Waals surface area contributed by atoms with E-state index in [9.17, 15) is 0 Å². The van der Waals surface area contributed by atoms with E-state index in [1.54, 1.807) is 0 Å². The molecule has 1 saturated heterocycles. The molecule has 3 rings (SSSR count). The van der Waals surface area contributed by atoms with E-state index in [-0.39, 0.29) is 6.04 Å². The van der Waals surface area contributed by atoms with Crippen molar-refractivity contribution in [3.05, 3.63) is 28.2 Å². The average molecular weight is 339 g/mol. The summed E-state index contributed by atoms with van der Waals surface area (Å²) in [6.07, 6.45) is 5.45. The molecule has 3 unspecified atom stereocenters. The molecule has 3 atom stereocenters. The van der Waals surface area contributed by atoms with Gasteiger partial charge in [-0.25, -0.2) is 0 Å². The van der Waals surface area contributed by atoms with E-state index in [4.69, 9.17) is 10.5 Å². The number of fused-ring (bicyclic) bond motifs is 1. The third-order valence-corrected chi connectivity index (χ3v) is 5.01. The standard InChI is InChI=1S/C16H23BrN2O/c1-11(18)13-10-12(17)6-7-14(13)19-8-9-20-16-5-3-2-4-15(16)19/h6-7,10-11,15-16H,2-5,8-9,18H2,1H3. The largest absolute Gasteiger partial charge is 0.374 e. The number of hydrogen-bond donors (Lipinski definition) is 1. The third-order valence-electron chi connectivity index (χ3n) is 4.52. The molecule has 1 aromatic carbocycles. The molecule has 3 nitrogen and oxygen atoms in total. The summed E-state index contributed by atoms with van der Waals surface area (Å²) in [6.45, 7) is 3.86. The Hall–Kier alpha value is -0.580. The van der Waals surface area contributed by atoms with Gasteiger partial charge in [-0.3, -0.25) is 0 Å². The summed E-state index contributed by atoms with van der Waals surface area (Å²) in [5.41, 5.74) is 8.70. The van der Waals surface area contributed by atoms with Crippen molar-refractivity contribution in [3.8, 4) is 0 Å². The van der Waals surface area contributed by atoms with Crippen LogP contribution in [0.1, 0.15) is 44.2 Å². The van der Waals surface area contributed by atoms with Gasteiger partial charge in [0.05, 0.1) is 18.8 Å². The lowest BCUT2D eigenvalue weighted by molar-refractivity contribution is -0.00875. The predicted octanol–water partition coefficient (Wildman–Crippen LogP) is 3.62. The van der Waals surface area contributed by atoms with E-state index in [0.717, 1.165) is 17.6 Å². The van der Waals surface area contributed by atoms with E-state index in [1.807, 2.05) is 0 Å². The number of morpholine rings is 1. The maximum Gasteiger partial charge on any atom is 0.0779 e. The number of hydrogen-bond acceptors (Lipinski definition) is 3. The molecule has 0 bridgehead atoms. The van der Waals surface area contributed by atoms with Crippen molar-refractivity contribution in [2.45, 2.75) is 50.8 Å². The molecule has 2 N–H and O–H groups in total. The minimum absolute atomic E-state index is 0.0485. The molecule has 1 heterocycles. The SMILES string of the molecule is CC(N)c1cc(Br)ccc1N1CCOC2CCCCC21. The van der Waals surface area contributed by atoms with Crippen LogP contribution in [-0.4, -0.2) is 25.3 Å². The van der Waals surface area contributed by atoms with Crippen molar-refractivity contribution < 1.29 is 4.74 Å². The maximum absolute atomic E-state index is 6.18. The summed E-state index contributed by atoms with van der Waals surface area (Å²) in [5.74, 6) is 0. The highest BCUT2D eigenvalue weighted by Crippen LogP contribution is 2.36. The molecule has 1 aliphatic heterocycles. The lowest BCUT2D eigenvalue weighted by Crippen LogP contribution is -2.53. The molecule has 0 spiro atoms. The quantitative estimate of drug-likeness (QED) is 0.894. The van der Waals surface area contributed by atoms with E-state index in [1.165, 1.54) is 36.9 Å². The second-order valence-electron chi connectivity index (χ2n) is 5.95. The van der Waals surface area contributed by atoms with Crippen molar-refractivity contribution >= 4 is 21.6 Å². The topological polar surface area (TPSA) is 38.5 Å². The van der Waals surface area contributed by atoms with Gasteiger partial charge in [0.1, 0.15) is 0 Å². The number of ether oxygens (including phenoxy) is 1. The zero-order valence-corrected chi connectivity index (χ0v) is 13.6. The molecule has 0 aromatic heterocycles. The second-order valence-corrected chi connectivity index (χ2v) is 6.86. The molecule has 1 saturated carbocycles. The van der Waals surface area contributed by atoms with Gasteiger partial charge in [-0.05, 0) is 43.5 Å². The summed E-state index contributed by atoms with van der Waals surface area (Å²) >= 11 is 3.56. The van der Waals surface area contributed by atoms with Crippen LogP contribution in [0.25, 0.3) is 0 Å². The first-order valence-electron chi connectivity index (χ1n) is 7.60. The number of anilines is 1. The summed E-state index contributed by atoms with van der Waals surface area (Å²) in [6, 6.07) is 7.06. The maximum atomic E-state index is 6.18. The summed E-state index contributed by atoms with van der Waals surface area (Å²) in [5, 5.41) is 0. The summed E-state index contributed by atoms with van der Waals surface area (Å²) in [4.78, 5) is 2.54. The minimum Gasteiger partial charge on any atom is -0.374 e. The Labute approximate surface area is 129 Å². The van der Waals surface area contributed by atoms with Gasteiger partial charge in [0, 0.05) is 22.7 Å². The van der Waals surface area contributed by atoms with Gasteiger partial charge in [-0.1, -0.05) is 28.8 Å². The molecule has 110 valence electrons. The molecule has 4 heteroatoms. The fraction of sp³-hybridized carbons (Fsp3) is 0.625. The Morgan fingerprint density at radius 3 is 2.95 bits per heavy atom. The Balaban J connectivity index is 1.94. The highest BCUT2D eigenvalue weighted by atomic mass is 79.9. The van der Waals surface area contributed by atoms with Crippen molar-refractivity contribution in [2.75, 3.05) is 18.1 Å². The normalized spacial score (nSPS) is 28.1. The van der Waals surface area contributed by atoms with Crippen molar-refractivity contribution in [1.29, 1.82) is 0 Å². The Bertz CT molecular complexity index is 476. The fourth-order valence-corrected chi connectivity index (χ4v) is 3.93. The number of benzene rings is 1. The Morgan fingerprint density at radius 2 is 2.15 bits per heavy atom. The van der Waals surface area contributed by atoms with E-state index < -0.39 is 0 Å². The van der Waals surface area contributed by atoms with E-state index in [2.05, 4.69) is 46.0 Å². The van der Waals surface area contributed by atoms with E-state index >= 15 is 0 Å².